The number of benzene rings is 3. The Hall–Kier alpha value is -3.40. The van der Waals surface area contributed by atoms with Crippen molar-refractivity contribution in [1.29, 1.82) is 0 Å². The molecule has 0 saturated heterocycles. The zero-order valence-corrected chi connectivity index (χ0v) is 22.0. The van der Waals surface area contributed by atoms with Gasteiger partial charge in [0.2, 0.25) is 5.91 Å². The molecule has 7 nitrogen and oxygen atoms in total. The summed E-state index contributed by atoms with van der Waals surface area (Å²) in [5, 5.41) is 13.6. The number of nitrogens with zero attached hydrogens (tertiary/aromatic N) is 4. The van der Waals surface area contributed by atoms with Gasteiger partial charge in [0.15, 0.2) is 16.1 Å². The number of aryl methyl sites for hydroxylation is 1. The maximum atomic E-state index is 12.8. The Morgan fingerprint density at radius 1 is 1.11 bits per heavy atom. The SMILES string of the molecule is CCOc1ccc2nc(NC(=O)CSc3nnc(-c4ccc(Cl)cc4)n3-c3ccccc3C)sc2c1. The first-order valence-corrected chi connectivity index (χ1v) is 13.4. The van der Waals surface area contributed by atoms with Gasteiger partial charge in [0.1, 0.15) is 5.75 Å². The first-order valence-electron chi connectivity index (χ1n) is 11.2. The number of hydrogen-bond acceptors (Lipinski definition) is 7. The summed E-state index contributed by atoms with van der Waals surface area (Å²) in [6.45, 7) is 4.57. The van der Waals surface area contributed by atoms with E-state index in [1.165, 1.54) is 23.1 Å². The highest BCUT2D eigenvalue weighted by Crippen LogP contribution is 2.31. The van der Waals surface area contributed by atoms with Crippen LogP contribution in [0.1, 0.15) is 12.5 Å². The second-order valence-electron chi connectivity index (χ2n) is 7.85. The fourth-order valence-corrected chi connectivity index (χ4v) is 5.46. The largest absolute Gasteiger partial charge is 0.494 e. The standard InChI is InChI=1S/C26H22ClN5O2S2/c1-3-34-19-12-13-20-22(14-19)36-25(28-20)29-23(33)15-35-26-31-30-24(17-8-10-18(27)11-9-17)32(26)21-7-5-4-6-16(21)2/h4-14H,3,15H2,1-2H3,(H,28,29,33). The van der Waals surface area contributed by atoms with E-state index >= 15 is 0 Å². The van der Waals surface area contributed by atoms with Gasteiger partial charge in [-0.05, 0) is 67.9 Å². The molecule has 0 bridgehead atoms. The summed E-state index contributed by atoms with van der Waals surface area (Å²) in [6, 6.07) is 21.2. The molecule has 0 unspecified atom stereocenters. The molecule has 0 fully saturated rings. The van der Waals surface area contributed by atoms with Crippen LogP contribution in [0.3, 0.4) is 0 Å². The molecule has 2 aromatic heterocycles. The lowest BCUT2D eigenvalue weighted by molar-refractivity contribution is -0.113. The van der Waals surface area contributed by atoms with Crippen molar-refractivity contribution in [2.24, 2.45) is 0 Å². The van der Waals surface area contributed by atoms with E-state index in [2.05, 4.69) is 20.5 Å². The maximum Gasteiger partial charge on any atom is 0.236 e. The Bertz CT molecular complexity index is 1530. The molecular weight excluding hydrogens is 514 g/mol. The van der Waals surface area contributed by atoms with Crippen molar-refractivity contribution in [3.05, 3.63) is 77.3 Å². The number of carbonyl (C=O) groups is 1. The van der Waals surface area contributed by atoms with Crippen molar-refractivity contribution < 1.29 is 9.53 Å². The monoisotopic (exact) mass is 535 g/mol. The number of thioether (sulfide) groups is 1. The van der Waals surface area contributed by atoms with Crippen LogP contribution in [0.15, 0.2) is 71.9 Å². The molecule has 0 aliphatic heterocycles. The zero-order valence-electron chi connectivity index (χ0n) is 19.6. The molecule has 3 aromatic carbocycles. The lowest BCUT2D eigenvalue weighted by atomic mass is 10.1. The van der Waals surface area contributed by atoms with Gasteiger partial charge in [0, 0.05) is 10.6 Å². The molecule has 0 radical (unpaired) electrons. The Balaban J connectivity index is 1.37. The van der Waals surface area contributed by atoms with E-state index in [0.717, 1.165) is 32.8 Å². The van der Waals surface area contributed by atoms with Gasteiger partial charge < -0.3 is 10.1 Å². The average Bonchev–Trinajstić information content (AvgIpc) is 3.47. The molecular formula is C26H22ClN5O2S2. The molecule has 0 aliphatic rings. The Morgan fingerprint density at radius 3 is 2.69 bits per heavy atom. The first-order chi connectivity index (χ1) is 17.5. The van der Waals surface area contributed by atoms with Gasteiger partial charge >= 0.3 is 0 Å². The fraction of sp³-hybridized carbons (Fsp3) is 0.154. The molecule has 0 aliphatic carbocycles. The third-order valence-electron chi connectivity index (χ3n) is 5.34. The highest BCUT2D eigenvalue weighted by atomic mass is 35.5. The minimum Gasteiger partial charge on any atom is -0.494 e. The molecule has 1 N–H and O–H groups in total. The molecule has 2 heterocycles. The maximum absolute atomic E-state index is 12.8. The Kier molecular flexibility index (Phi) is 7.22. The van der Waals surface area contributed by atoms with Crippen molar-refractivity contribution in [3.8, 4) is 22.8 Å². The average molecular weight is 536 g/mol. The van der Waals surface area contributed by atoms with E-state index in [1.807, 2.05) is 85.1 Å². The number of hydrogen-bond donors (Lipinski definition) is 1. The zero-order chi connectivity index (χ0) is 25.1. The van der Waals surface area contributed by atoms with Gasteiger partial charge in [-0.2, -0.15) is 0 Å². The lowest BCUT2D eigenvalue weighted by Crippen LogP contribution is -2.14. The molecule has 5 aromatic rings. The smallest absolute Gasteiger partial charge is 0.236 e. The van der Waals surface area contributed by atoms with Crippen molar-refractivity contribution >= 4 is 56.0 Å². The summed E-state index contributed by atoms with van der Waals surface area (Å²) in [5.74, 6) is 1.45. The quantitative estimate of drug-likeness (QED) is 0.224. The number of para-hydroxylation sites is 1. The summed E-state index contributed by atoms with van der Waals surface area (Å²) in [6.07, 6.45) is 0. The predicted molar refractivity (Wildman–Crippen MR) is 147 cm³/mol. The van der Waals surface area contributed by atoms with Crippen LogP contribution in [0.2, 0.25) is 5.02 Å². The predicted octanol–water partition coefficient (Wildman–Crippen LogP) is 6.64. The van der Waals surface area contributed by atoms with E-state index in [4.69, 9.17) is 16.3 Å². The fourth-order valence-electron chi connectivity index (χ4n) is 3.68. The number of nitrogens with one attached hydrogen (secondary N) is 1. The van der Waals surface area contributed by atoms with Gasteiger partial charge in [-0.25, -0.2) is 4.98 Å². The van der Waals surface area contributed by atoms with Crippen molar-refractivity contribution in [2.75, 3.05) is 17.7 Å². The minimum absolute atomic E-state index is 0.157. The number of fused-ring (bicyclic) bond motifs is 1. The van der Waals surface area contributed by atoms with Gasteiger partial charge in [0.25, 0.3) is 0 Å². The summed E-state index contributed by atoms with van der Waals surface area (Å²) >= 11 is 8.82. The van der Waals surface area contributed by atoms with Crippen LogP contribution in [-0.2, 0) is 4.79 Å². The van der Waals surface area contributed by atoms with Gasteiger partial charge in [-0.3, -0.25) is 9.36 Å². The van der Waals surface area contributed by atoms with E-state index < -0.39 is 0 Å². The third-order valence-corrected chi connectivity index (χ3v) is 7.46. The highest BCUT2D eigenvalue weighted by Gasteiger charge is 2.19. The van der Waals surface area contributed by atoms with E-state index in [1.54, 1.807) is 0 Å². The second-order valence-corrected chi connectivity index (χ2v) is 10.3. The number of anilines is 1. The summed E-state index contributed by atoms with van der Waals surface area (Å²) in [7, 11) is 0. The van der Waals surface area contributed by atoms with Crippen LogP contribution in [0, 0.1) is 6.92 Å². The number of ether oxygens (including phenoxy) is 1. The number of halogens is 1. The third kappa shape index (κ3) is 5.23. The van der Waals surface area contributed by atoms with Crippen LogP contribution < -0.4 is 10.1 Å². The summed E-state index contributed by atoms with van der Waals surface area (Å²) in [4.78, 5) is 17.3. The molecule has 182 valence electrons. The number of rotatable bonds is 8. The van der Waals surface area contributed by atoms with Gasteiger partial charge in [-0.1, -0.05) is 52.9 Å². The van der Waals surface area contributed by atoms with Crippen LogP contribution in [-0.4, -0.2) is 38.0 Å². The van der Waals surface area contributed by atoms with Crippen molar-refractivity contribution in [3.63, 3.8) is 0 Å². The molecule has 0 atom stereocenters. The number of aromatic nitrogens is 4. The lowest BCUT2D eigenvalue weighted by Gasteiger charge is -2.13. The number of carbonyl (C=O) groups excluding carboxylic acids is 1. The molecule has 0 saturated carbocycles. The molecule has 36 heavy (non-hydrogen) atoms. The van der Waals surface area contributed by atoms with E-state index in [9.17, 15) is 4.79 Å². The second kappa shape index (κ2) is 10.7. The van der Waals surface area contributed by atoms with E-state index in [-0.39, 0.29) is 11.7 Å². The van der Waals surface area contributed by atoms with Crippen LogP contribution in [0.4, 0.5) is 5.13 Å². The Morgan fingerprint density at radius 2 is 1.92 bits per heavy atom. The van der Waals surface area contributed by atoms with Crippen LogP contribution in [0.25, 0.3) is 27.3 Å². The summed E-state index contributed by atoms with van der Waals surface area (Å²) in [5.41, 5.74) is 3.72. The van der Waals surface area contributed by atoms with Crippen molar-refractivity contribution in [1.82, 2.24) is 19.7 Å². The van der Waals surface area contributed by atoms with Crippen LogP contribution >= 0.6 is 34.7 Å². The van der Waals surface area contributed by atoms with Gasteiger partial charge in [0.05, 0.1) is 28.3 Å². The molecule has 0 spiro atoms. The molecule has 1 amide bonds. The van der Waals surface area contributed by atoms with Crippen molar-refractivity contribution in [2.45, 2.75) is 19.0 Å². The summed E-state index contributed by atoms with van der Waals surface area (Å²) < 4.78 is 8.48. The molecule has 10 heteroatoms. The highest BCUT2D eigenvalue weighted by molar-refractivity contribution is 7.99. The van der Waals surface area contributed by atoms with Gasteiger partial charge in [-0.15, -0.1) is 10.2 Å². The Labute approximate surface area is 221 Å². The first kappa shape index (κ1) is 24.3. The number of amides is 1. The minimum atomic E-state index is -0.170. The van der Waals surface area contributed by atoms with Crippen LogP contribution in [0.5, 0.6) is 5.75 Å². The number of thiazole rings is 1. The topological polar surface area (TPSA) is 81.9 Å². The van der Waals surface area contributed by atoms with E-state index in [0.29, 0.717) is 27.7 Å². The normalized spacial score (nSPS) is 11.1. The molecule has 5 rings (SSSR count).